The zero-order chi connectivity index (χ0) is 21.3. The number of halogens is 3. The number of alkyl halides is 3. The molecule has 0 saturated heterocycles. The Kier molecular flexibility index (Phi) is 4.99. The summed E-state index contributed by atoms with van der Waals surface area (Å²) < 4.78 is 50.8. The van der Waals surface area contributed by atoms with Crippen LogP contribution < -0.4 is 4.74 Å². The van der Waals surface area contributed by atoms with Gasteiger partial charge < -0.3 is 9.15 Å². The van der Waals surface area contributed by atoms with Crippen molar-refractivity contribution in [2.75, 3.05) is 7.11 Å². The summed E-state index contributed by atoms with van der Waals surface area (Å²) in [5.74, 6) is -0.301. The van der Waals surface area contributed by atoms with Gasteiger partial charge >= 0.3 is 6.18 Å². The Hall–Kier alpha value is -3.68. The van der Waals surface area contributed by atoms with E-state index in [1.54, 1.807) is 42.6 Å². The van der Waals surface area contributed by atoms with E-state index in [9.17, 15) is 18.0 Å². The third kappa shape index (κ3) is 3.89. The zero-order valence-corrected chi connectivity index (χ0v) is 15.7. The normalized spacial score (nSPS) is 11.6. The quantitative estimate of drug-likeness (QED) is 0.414. The number of Topliss-reactive ketones (excluding diaryl/α,β-unsaturated/α-hetero) is 1. The average Bonchev–Trinajstić information content (AvgIpc) is 3.17. The van der Waals surface area contributed by atoms with E-state index in [0.29, 0.717) is 28.2 Å². The Morgan fingerprint density at radius 1 is 1.10 bits per heavy atom. The molecule has 152 valence electrons. The molecule has 5 nitrogen and oxygen atoms in total. The fourth-order valence-electron chi connectivity index (χ4n) is 3.12. The number of hydrogen-bond acceptors (Lipinski definition) is 5. The number of ketones is 1. The summed E-state index contributed by atoms with van der Waals surface area (Å²) in [4.78, 5) is 21.1. The SMILES string of the molecule is COc1ccc(C(=O)Cc2cccc(-c3nc4ncccc4o3)c2)c(C(F)(F)F)c1. The van der Waals surface area contributed by atoms with E-state index in [0.717, 1.165) is 12.1 Å². The molecule has 4 rings (SSSR count). The number of pyridine rings is 1. The van der Waals surface area contributed by atoms with Gasteiger partial charge in [0.15, 0.2) is 17.0 Å². The minimum Gasteiger partial charge on any atom is -0.497 e. The molecule has 0 aliphatic rings. The van der Waals surface area contributed by atoms with Crippen LogP contribution in [0.5, 0.6) is 5.75 Å². The van der Waals surface area contributed by atoms with Gasteiger partial charge in [-0.3, -0.25) is 4.79 Å². The van der Waals surface area contributed by atoms with Crippen LogP contribution in [0.15, 0.2) is 65.2 Å². The Bertz CT molecular complexity index is 1200. The fraction of sp³-hybridized carbons (Fsp3) is 0.136. The van der Waals surface area contributed by atoms with Gasteiger partial charge in [-0.2, -0.15) is 18.2 Å². The molecule has 0 unspecified atom stereocenters. The van der Waals surface area contributed by atoms with E-state index < -0.39 is 23.1 Å². The summed E-state index contributed by atoms with van der Waals surface area (Å²) in [5.41, 5.74) is 0.678. The van der Waals surface area contributed by atoms with E-state index in [-0.39, 0.29) is 12.2 Å². The van der Waals surface area contributed by atoms with Gasteiger partial charge in [0.2, 0.25) is 5.89 Å². The molecule has 2 aromatic heterocycles. The molecule has 2 heterocycles. The summed E-state index contributed by atoms with van der Waals surface area (Å²) in [6.45, 7) is 0. The number of hydrogen-bond donors (Lipinski definition) is 0. The van der Waals surface area contributed by atoms with Crippen molar-refractivity contribution in [2.45, 2.75) is 12.6 Å². The molecule has 0 amide bonds. The van der Waals surface area contributed by atoms with Crippen LogP contribution in [0.3, 0.4) is 0 Å². The van der Waals surface area contributed by atoms with E-state index in [1.807, 2.05) is 0 Å². The van der Waals surface area contributed by atoms with Crippen LogP contribution >= 0.6 is 0 Å². The standard InChI is InChI=1S/C22H15F3N2O3/c1-29-15-7-8-16(17(12-15)22(23,24)25)18(28)11-13-4-2-5-14(10-13)21-27-20-19(30-21)6-3-9-26-20/h2-10,12H,11H2,1H3. The molecular weight excluding hydrogens is 397 g/mol. The molecule has 30 heavy (non-hydrogen) atoms. The first-order chi connectivity index (χ1) is 14.3. The van der Waals surface area contributed by atoms with E-state index in [1.165, 1.54) is 13.2 Å². The van der Waals surface area contributed by atoms with Crippen molar-refractivity contribution in [3.8, 4) is 17.2 Å². The van der Waals surface area contributed by atoms with Crippen LogP contribution in [0, 0.1) is 0 Å². The Balaban J connectivity index is 1.64. The lowest BCUT2D eigenvalue weighted by Gasteiger charge is -2.13. The number of rotatable bonds is 5. The van der Waals surface area contributed by atoms with Gasteiger partial charge in [0.05, 0.1) is 12.7 Å². The Morgan fingerprint density at radius 3 is 2.67 bits per heavy atom. The molecule has 4 aromatic rings. The highest BCUT2D eigenvalue weighted by atomic mass is 19.4. The molecule has 0 N–H and O–H groups in total. The maximum atomic E-state index is 13.4. The highest BCUT2D eigenvalue weighted by molar-refractivity contribution is 5.99. The largest absolute Gasteiger partial charge is 0.497 e. The second-order valence-electron chi connectivity index (χ2n) is 6.55. The van der Waals surface area contributed by atoms with Crippen LogP contribution in [-0.2, 0) is 12.6 Å². The molecule has 2 aromatic carbocycles. The van der Waals surface area contributed by atoms with Gasteiger partial charge in [-0.15, -0.1) is 0 Å². The van der Waals surface area contributed by atoms with Crippen molar-refractivity contribution in [1.82, 2.24) is 9.97 Å². The number of benzene rings is 2. The number of carbonyl (C=O) groups excluding carboxylic acids is 1. The topological polar surface area (TPSA) is 65.2 Å². The predicted molar refractivity (Wildman–Crippen MR) is 103 cm³/mol. The van der Waals surface area contributed by atoms with Crippen molar-refractivity contribution < 1.29 is 27.1 Å². The Morgan fingerprint density at radius 2 is 1.93 bits per heavy atom. The number of methoxy groups -OCH3 is 1. The van der Waals surface area contributed by atoms with Crippen molar-refractivity contribution in [3.05, 3.63) is 77.5 Å². The number of oxazole rings is 1. The molecule has 0 bridgehead atoms. The van der Waals surface area contributed by atoms with Crippen LogP contribution in [0.4, 0.5) is 13.2 Å². The van der Waals surface area contributed by atoms with E-state index in [2.05, 4.69) is 9.97 Å². The fourth-order valence-corrected chi connectivity index (χ4v) is 3.12. The lowest BCUT2D eigenvalue weighted by molar-refractivity contribution is -0.138. The first-order valence-corrected chi connectivity index (χ1v) is 8.94. The second-order valence-corrected chi connectivity index (χ2v) is 6.55. The molecular formula is C22H15F3N2O3. The molecule has 0 saturated carbocycles. The zero-order valence-electron chi connectivity index (χ0n) is 15.7. The highest BCUT2D eigenvalue weighted by Crippen LogP contribution is 2.35. The van der Waals surface area contributed by atoms with Crippen LogP contribution in [-0.4, -0.2) is 22.9 Å². The molecule has 0 aliphatic carbocycles. The van der Waals surface area contributed by atoms with E-state index >= 15 is 0 Å². The van der Waals surface area contributed by atoms with Gasteiger partial charge in [-0.05, 0) is 48.0 Å². The van der Waals surface area contributed by atoms with Crippen LogP contribution in [0.1, 0.15) is 21.5 Å². The number of ether oxygens (including phenoxy) is 1. The lowest BCUT2D eigenvalue weighted by Crippen LogP contribution is -2.15. The van der Waals surface area contributed by atoms with Gasteiger partial charge in [0.1, 0.15) is 5.75 Å². The maximum Gasteiger partial charge on any atom is 0.417 e. The van der Waals surface area contributed by atoms with Gasteiger partial charge in [-0.1, -0.05) is 12.1 Å². The van der Waals surface area contributed by atoms with Crippen molar-refractivity contribution >= 4 is 17.0 Å². The summed E-state index contributed by atoms with van der Waals surface area (Å²) in [5, 5.41) is 0. The van der Waals surface area contributed by atoms with Gasteiger partial charge in [-0.25, -0.2) is 4.98 Å². The average molecular weight is 412 g/mol. The second kappa shape index (κ2) is 7.62. The Labute approximate surface area is 169 Å². The summed E-state index contributed by atoms with van der Waals surface area (Å²) in [6.07, 6.45) is -3.29. The summed E-state index contributed by atoms with van der Waals surface area (Å²) >= 11 is 0. The maximum absolute atomic E-state index is 13.4. The molecule has 0 fully saturated rings. The molecule has 8 heteroatoms. The van der Waals surface area contributed by atoms with Crippen LogP contribution in [0.25, 0.3) is 22.7 Å². The van der Waals surface area contributed by atoms with E-state index in [4.69, 9.17) is 9.15 Å². The lowest BCUT2D eigenvalue weighted by atomic mass is 9.97. The first kappa shape index (κ1) is 19.6. The third-order valence-electron chi connectivity index (χ3n) is 4.54. The minimum absolute atomic E-state index is 0.0328. The number of carbonyl (C=O) groups is 1. The number of nitrogens with zero attached hydrogens (tertiary/aromatic N) is 2. The highest BCUT2D eigenvalue weighted by Gasteiger charge is 2.35. The van der Waals surface area contributed by atoms with Gasteiger partial charge in [0, 0.05) is 23.7 Å². The number of aromatic nitrogens is 2. The van der Waals surface area contributed by atoms with Gasteiger partial charge in [0.25, 0.3) is 0 Å². The smallest absolute Gasteiger partial charge is 0.417 e. The summed E-state index contributed by atoms with van der Waals surface area (Å²) in [7, 11) is 1.27. The summed E-state index contributed by atoms with van der Waals surface area (Å²) in [6, 6.07) is 13.5. The predicted octanol–water partition coefficient (Wildman–Crippen LogP) is 5.34. The molecule has 0 spiro atoms. The van der Waals surface area contributed by atoms with Crippen LogP contribution in [0.2, 0.25) is 0 Å². The third-order valence-corrected chi connectivity index (χ3v) is 4.54. The van der Waals surface area contributed by atoms with Crippen molar-refractivity contribution in [2.24, 2.45) is 0 Å². The molecule has 0 aliphatic heterocycles. The first-order valence-electron chi connectivity index (χ1n) is 8.94. The number of fused-ring (bicyclic) bond motifs is 1. The molecule has 0 radical (unpaired) electrons. The minimum atomic E-state index is -4.67. The van der Waals surface area contributed by atoms with Crippen molar-refractivity contribution in [1.29, 1.82) is 0 Å². The van der Waals surface area contributed by atoms with Crippen molar-refractivity contribution in [3.63, 3.8) is 0 Å². The molecule has 0 atom stereocenters. The monoisotopic (exact) mass is 412 g/mol.